The van der Waals surface area contributed by atoms with E-state index < -0.39 is 0 Å². The number of nitrogens with one attached hydrogen (secondary N) is 3. The van der Waals surface area contributed by atoms with Gasteiger partial charge >= 0.3 is 0 Å². The average Bonchev–Trinajstić information content (AvgIpc) is 2.46. The summed E-state index contributed by atoms with van der Waals surface area (Å²) in [6, 6.07) is 0. The summed E-state index contributed by atoms with van der Waals surface area (Å²) < 4.78 is 0. The van der Waals surface area contributed by atoms with Crippen molar-refractivity contribution >= 4 is 5.84 Å². The van der Waals surface area contributed by atoms with Gasteiger partial charge in [-0.15, -0.1) is 10.6 Å². The van der Waals surface area contributed by atoms with Crippen LogP contribution < -0.4 is 16.5 Å². The second kappa shape index (κ2) is 6.35. The zero-order valence-electron chi connectivity index (χ0n) is 6.86. The summed E-state index contributed by atoms with van der Waals surface area (Å²) in [6.07, 6.45) is 2.12. The van der Waals surface area contributed by atoms with Gasteiger partial charge in [-0.25, -0.2) is 5.53 Å². The Hall–Kier alpha value is -0.770. The zero-order valence-corrected chi connectivity index (χ0v) is 6.86. The second-order valence-corrected chi connectivity index (χ2v) is 1.67. The SMILES string of the molecule is CC.CCCC1=NNNN1. The number of hydrogen-bond donors (Lipinski definition) is 3. The van der Waals surface area contributed by atoms with Crippen LogP contribution in [0, 0.1) is 0 Å². The molecule has 0 unspecified atom stereocenters. The van der Waals surface area contributed by atoms with Gasteiger partial charge in [-0.2, -0.15) is 0 Å². The molecule has 4 heteroatoms. The Morgan fingerprint density at radius 2 is 2.10 bits per heavy atom. The minimum atomic E-state index is 0.979. The van der Waals surface area contributed by atoms with Crippen molar-refractivity contribution in [1.29, 1.82) is 0 Å². The van der Waals surface area contributed by atoms with E-state index in [0.29, 0.717) is 0 Å². The van der Waals surface area contributed by atoms with Crippen LogP contribution in [0.5, 0.6) is 0 Å². The highest BCUT2D eigenvalue weighted by Crippen LogP contribution is 1.88. The Morgan fingerprint density at radius 3 is 2.50 bits per heavy atom. The molecule has 0 aromatic heterocycles. The van der Waals surface area contributed by atoms with E-state index in [1.807, 2.05) is 13.8 Å². The van der Waals surface area contributed by atoms with Crippen LogP contribution in [0.25, 0.3) is 0 Å². The summed E-state index contributed by atoms with van der Waals surface area (Å²) >= 11 is 0. The van der Waals surface area contributed by atoms with E-state index in [4.69, 9.17) is 0 Å². The molecule has 3 N–H and O–H groups in total. The van der Waals surface area contributed by atoms with Crippen molar-refractivity contribution in [1.82, 2.24) is 16.5 Å². The molecular weight excluding hydrogens is 128 g/mol. The number of hydrogen-bond acceptors (Lipinski definition) is 4. The first kappa shape index (κ1) is 9.23. The molecule has 0 spiro atoms. The fraction of sp³-hybridized carbons (Fsp3) is 0.833. The summed E-state index contributed by atoms with van der Waals surface area (Å²) in [7, 11) is 0. The summed E-state index contributed by atoms with van der Waals surface area (Å²) in [6.45, 7) is 6.11. The molecule has 1 aliphatic rings. The summed E-state index contributed by atoms with van der Waals surface area (Å²) in [4.78, 5) is 0. The van der Waals surface area contributed by atoms with Crippen molar-refractivity contribution in [3.63, 3.8) is 0 Å². The lowest BCUT2D eigenvalue weighted by molar-refractivity contribution is 0.576. The lowest BCUT2D eigenvalue weighted by Gasteiger charge is -1.93. The Bertz CT molecular complexity index is 99.9. The average molecular weight is 144 g/mol. The fourth-order valence-corrected chi connectivity index (χ4v) is 0.579. The quantitative estimate of drug-likeness (QED) is 0.535. The highest BCUT2D eigenvalue weighted by molar-refractivity contribution is 5.82. The lowest BCUT2D eigenvalue weighted by atomic mass is 10.3. The maximum absolute atomic E-state index is 3.87. The van der Waals surface area contributed by atoms with Crippen molar-refractivity contribution in [2.75, 3.05) is 0 Å². The van der Waals surface area contributed by atoms with Gasteiger partial charge in [-0.3, -0.25) is 5.43 Å². The molecular formula is C6H16N4. The molecule has 4 nitrogen and oxygen atoms in total. The van der Waals surface area contributed by atoms with Crippen LogP contribution >= 0.6 is 0 Å². The largest absolute Gasteiger partial charge is 0.289 e. The third kappa shape index (κ3) is 3.29. The maximum Gasteiger partial charge on any atom is 0.139 e. The van der Waals surface area contributed by atoms with Crippen LogP contribution in [0.2, 0.25) is 0 Å². The minimum absolute atomic E-state index is 0.979. The minimum Gasteiger partial charge on any atom is -0.289 e. The van der Waals surface area contributed by atoms with Gasteiger partial charge in [0, 0.05) is 6.42 Å². The Balaban J connectivity index is 0.000000371. The van der Waals surface area contributed by atoms with Crippen molar-refractivity contribution < 1.29 is 0 Å². The molecule has 0 atom stereocenters. The molecule has 0 saturated heterocycles. The Morgan fingerprint density at radius 1 is 1.40 bits per heavy atom. The van der Waals surface area contributed by atoms with Gasteiger partial charge in [0.05, 0.1) is 0 Å². The molecule has 0 bridgehead atoms. The zero-order chi connectivity index (χ0) is 7.82. The topological polar surface area (TPSA) is 48.5 Å². The van der Waals surface area contributed by atoms with E-state index in [1.54, 1.807) is 0 Å². The number of hydrazone groups is 1. The highest BCUT2D eigenvalue weighted by atomic mass is 15.8. The Kier molecular flexibility index (Phi) is 5.86. The normalized spacial score (nSPS) is 14.1. The van der Waals surface area contributed by atoms with Crippen molar-refractivity contribution in [3.05, 3.63) is 0 Å². The van der Waals surface area contributed by atoms with Crippen molar-refractivity contribution in [2.24, 2.45) is 5.10 Å². The van der Waals surface area contributed by atoms with Crippen LogP contribution in [0.3, 0.4) is 0 Å². The smallest absolute Gasteiger partial charge is 0.139 e. The van der Waals surface area contributed by atoms with Crippen LogP contribution in [-0.2, 0) is 0 Å². The molecule has 0 aromatic rings. The maximum atomic E-state index is 3.87. The molecule has 10 heavy (non-hydrogen) atoms. The summed E-state index contributed by atoms with van der Waals surface area (Å²) in [5, 5.41) is 3.87. The van der Waals surface area contributed by atoms with Gasteiger partial charge in [-0.05, 0) is 6.42 Å². The van der Waals surface area contributed by atoms with E-state index in [1.165, 1.54) is 0 Å². The van der Waals surface area contributed by atoms with Gasteiger partial charge in [0.1, 0.15) is 5.84 Å². The number of amidine groups is 1. The van der Waals surface area contributed by atoms with E-state index in [9.17, 15) is 0 Å². The summed E-state index contributed by atoms with van der Waals surface area (Å²) in [5.74, 6) is 0.979. The van der Waals surface area contributed by atoms with Gasteiger partial charge in [0.2, 0.25) is 0 Å². The molecule has 1 rings (SSSR count). The first-order valence-corrected chi connectivity index (χ1v) is 3.76. The first-order chi connectivity index (χ1) is 4.93. The predicted octanol–water partition coefficient (Wildman–Crippen LogP) is 0.739. The molecule has 1 heterocycles. The number of hydrazine groups is 2. The third-order valence-electron chi connectivity index (χ3n) is 0.940. The van der Waals surface area contributed by atoms with Crippen molar-refractivity contribution in [3.8, 4) is 0 Å². The summed E-state index contributed by atoms with van der Waals surface area (Å²) in [5.41, 5.74) is 8.08. The lowest BCUT2D eigenvalue weighted by Crippen LogP contribution is -2.34. The van der Waals surface area contributed by atoms with Crippen LogP contribution in [0.1, 0.15) is 33.6 Å². The van der Waals surface area contributed by atoms with Gasteiger partial charge < -0.3 is 0 Å². The fourth-order valence-electron chi connectivity index (χ4n) is 0.579. The number of nitrogens with zero attached hydrogens (tertiary/aromatic N) is 1. The van der Waals surface area contributed by atoms with E-state index in [2.05, 4.69) is 28.5 Å². The third-order valence-corrected chi connectivity index (χ3v) is 0.940. The standard InChI is InChI=1S/C4H10N4.C2H6/c1-2-3-4-5-7-8-6-4;1-2/h7-8H,2-3H2,1H3,(H,5,6);1-2H3. The van der Waals surface area contributed by atoms with Crippen molar-refractivity contribution in [2.45, 2.75) is 33.6 Å². The molecule has 0 radical (unpaired) electrons. The Labute approximate surface area is 62.0 Å². The number of rotatable bonds is 2. The van der Waals surface area contributed by atoms with E-state index in [0.717, 1.165) is 18.7 Å². The second-order valence-electron chi connectivity index (χ2n) is 1.67. The van der Waals surface area contributed by atoms with Gasteiger partial charge in [0.25, 0.3) is 0 Å². The molecule has 1 aliphatic heterocycles. The highest BCUT2D eigenvalue weighted by Gasteiger charge is 1.99. The molecule has 0 aromatic carbocycles. The monoisotopic (exact) mass is 144 g/mol. The molecule has 0 amide bonds. The van der Waals surface area contributed by atoms with E-state index >= 15 is 0 Å². The predicted molar refractivity (Wildman–Crippen MR) is 43.1 cm³/mol. The van der Waals surface area contributed by atoms with Crippen LogP contribution in [0.4, 0.5) is 0 Å². The van der Waals surface area contributed by atoms with E-state index in [-0.39, 0.29) is 0 Å². The molecule has 0 saturated carbocycles. The van der Waals surface area contributed by atoms with Crippen LogP contribution in [-0.4, -0.2) is 5.84 Å². The molecule has 0 aliphatic carbocycles. The van der Waals surface area contributed by atoms with Crippen LogP contribution in [0.15, 0.2) is 5.10 Å². The molecule has 60 valence electrons. The van der Waals surface area contributed by atoms with Gasteiger partial charge in [-0.1, -0.05) is 20.8 Å². The van der Waals surface area contributed by atoms with Gasteiger partial charge in [0.15, 0.2) is 0 Å². The molecule has 0 fully saturated rings. The first-order valence-electron chi connectivity index (χ1n) is 3.76.